The van der Waals surface area contributed by atoms with E-state index in [1.54, 1.807) is 7.11 Å². The van der Waals surface area contributed by atoms with Crippen LogP contribution in [-0.2, 0) is 9.53 Å². The topological polar surface area (TPSA) is 50.4 Å². The fourth-order valence-electron chi connectivity index (χ4n) is 1.32. The number of nitrogens with one attached hydrogen (secondary N) is 2. The number of hydrogen-bond acceptors (Lipinski definition) is 3. The van der Waals surface area contributed by atoms with Crippen molar-refractivity contribution in [3.8, 4) is 0 Å². The van der Waals surface area contributed by atoms with E-state index in [9.17, 15) is 4.79 Å². The Kier molecular flexibility index (Phi) is 10.5. The molecule has 4 nitrogen and oxygen atoms in total. The maximum Gasteiger partial charge on any atom is 0.236 e. The first-order chi connectivity index (χ1) is 7.72. The Morgan fingerprint density at radius 3 is 2.62 bits per heavy atom. The van der Waals surface area contributed by atoms with E-state index in [1.165, 1.54) is 0 Å². The molecule has 2 N–H and O–H groups in total. The van der Waals surface area contributed by atoms with E-state index in [2.05, 4.69) is 17.6 Å². The third-order valence-electron chi connectivity index (χ3n) is 2.45. The molecule has 0 aliphatic rings. The summed E-state index contributed by atoms with van der Waals surface area (Å²) >= 11 is 0. The summed E-state index contributed by atoms with van der Waals surface area (Å²) in [6.07, 6.45) is 4.24. The molecule has 1 unspecified atom stereocenters. The molecule has 0 heterocycles. The van der Waals surface area contributed by atoms with Gasteiger partial charge in [-0.2, -0.15) is 0 Å². The summed E-state index contributed by atoms with van der Waals surface area (Å²) in [5, 5.41) is 6.11. The smallest absolute Gasteiger partial charge is 0.236 e. The third kappa shape index (κ3) is 8.68. The summed E-state index contributed by atoms with van der Waals surface area (Å²) in [7, 11) is 1.71. The Balaban J connectivity index is 3.40. The molecule has 1 amide bonds. The molecule has 4 heteroatoms. The molecule has 1 atom stereocenters. The molecular formula is C12H26N2O2. The zero-order valence-corrected chi connectivity index (χ0v) is 10.8. The van der Waals surface area contributed by atoms with Gasteiger partial charge in [-0.05, 0) is 32.7 Å². The standard InChI is InChI=1S/C12H26N2O2/c1-4-5-8-14-12(15)11(2)13-9-6-7-10-16-3/h11,13H,4-10H2,1-3H3,(H,14,15). The van der Waals surface area contributed by atoms with Gasteiger partial charge >= 0.3 is 0 Å². The van der Waals surface area contributed by atoms with Gasteiger partial charge in [0.25, 0.3) is 0 Å². The summed E-state index contributed by atoms with van der Waals surface area (Å²) in [6, 6.07) is -0.0978. The molecule has 0 aromatic rings. The van der Waals surface area contributed by atoms with Gasteiger partial charge in [-0.15, -0.1) is 0 Å². The molecule has 0 saturated heterocycles. The van der Waals surface area contributed by atoms with Gasteiger partial charge in [0.05, 0.1) is 6.04 Å². The largest absolute Gasteiger partial charge is 0.385 e. The summed E-state index contributed by atoms with van der Waals surface area (Å²) in [5.41, 5.74) is 0. The van der Waals surface area contributed by atoms with E-state index < -0.39 is 0 Å². The van der Waals surface area contributed by atoms with E-state index in [0.717, 1.165) is 45.4 Å². The molecule has 0 aromatic carbocycles. The lowest BCUT2D eigenvalue weighted by molar-refractivity contribution is -0.122. The van der Waals surface area contributed by atoms with Gasteiger partial charge in [-0.1, -0.05) is 13.3 Å². The van der Waals surface area contributed by atoms with Gasteiger partial charge in [0, 0.05) is 20.3 Å². The monoisotopic (exact) mass is 230 g/mol. The summed E-state index contributed by atoms with van der Waals surface area (Å²) < 4.78 is 4.95. The molecule has 0 aliphatic heterocycles. The van der Waals surface area contributed by atoms with Gasteiger partial charge in [0.15, 0.2) is 0 Å². The van der Waals surface area contributed by atoms with Crippen molar-refractivity contribution in [2.75, 3.05) is 26.8 Å². The van der Waals surface area contributed by atoms with Crippen LogP contribution in [0.1, 0.15) is 39.5 Å². The van der Waals surface area contributed by atoms with Crippen LogP contribution in [0.25, 0.3) is 0 Å². The number of amides is 1. The molecule has 16 heavy (non-hydrogen) atoms. The van der Waals surface area contributed by atoms with Crippen LogP contribution in [0.5, 0.6) is 0 Å². The van der Waals surface area contributed by atoms with Crippen LogP contribution in [0.15, 0.2) is 0 Å². The van der Waals surface area contributed by atoms with E-state index in [0.29, 0.717) is 0 Å². The Morgan fingerprint density at radius 1 is 1.25 bits per heavy atom. The van der Waals surface area contributed by atoms with E-state index in [1.807, 2.05) is 6.92 Å². The third-order valence-corrected chi connectivity index (χ3v) is 2.45. The lowest BCUT2D eigenvalue weighted by Crippen LogP contribution is -2.42. The highest BCUT2D eigenvalue weighted by molar-refractivity contribution is 5.81. The van der Waals surface area contributed by atoms with Crippen molar-refractivity contribution in [3.05, 3.63) is 0 Å². The molecule has 0 saturated carbocycles. The van der Waals surface area contributed by atoms with Crippen LogP contribution in [0.4, 0.5) is 0 Å². The Morgan fingerprint density at radius 2 is 2.00 bits per heavy atom. The average Bonchev–Trinajstić information content (AvgIpc) is 2.28. The van der Waals surface area contributed by atoms with Crippen LogP contribution in [0.3, 0.4) is 0 Å². The number of hydrogen-bond donors (Lipinski definition) is 2. The Bertz CT molecular complexity index is 174. The number of ether oxygens (including phenoxy) is 1. The van der Waals surface area contributed by atoms with E-state index in [4.69, 9.17) is 4.74 Å². The molecule has 0 radical (unpaired) electrons. The van der Waals surface area contributed by atoms with Crippen LogP contribution < -0.4 is 10.6 Å². The van der Waals surface area contributed by atoms with Crippen LogP contribution in [-0.4, -0.2) is 38.8 Å². The predicted octanol–water partition coefficient (Wildman–Crippen LogP) is 1.31. The minimum atomic E-state index is -0.0978. The van der Waals surface area contributed by atoms with Crippen LogP contribution in [0.2, 0.25) is 0 Å². The molecule has 0 fully saturated rings. The minimum absolute atomic E-state index is 0.0974. The first kappa shape index (κ1) is 15.4. The second-order valence-corrected chi connectivity index (χ2v) is 4.02. The maximum absolute atomic E-state index is 11.5. The molecule has 0 bridgehead atoms. The van der Waals surface area contributed by atoms with Crippen LogP contribution >= 0.6 is 0 Å². The summed E-state index contributed by atoms with van der Waals surface area (Å²) in [6.45, 7) is 6.46. The van der Waals surface area contributed by atoms with Crippen molar-refractivity contribution in [3.63, 3.8) is 0 Å². The SMILES string of the molecule is CCCCNC(=O)C(C)NCCCCOC. The van der Waals surface area contributed by atoms with Crippen molar-refractivity contribution < 1.29 is 9.53 Å². The van der Waals surface area contributed by atoms with Gasteiger partial charge in [0.2, 0.25) is 5.91 Å². The zero-order valence-electron chi connectivity index (χ0n) is 10.8. The predicted molar refractivity (Wildman–Crippen MR) is 66.5 cm³/mol. The minimum Gasteiger partial charge on any atom is -0.385 e. The average molecular weight is 230 g/mol. The molecule has 96 valence electrons. The van der Waals surface area contributed by atoms with Crippen molar-refractivity contribution in [2.45, 2.75) is 45.6 Å². The van der Waals surface area contributed by atoms with Gasteiger partial charge in [-0.25, -0.2) is 0 Å². The molecule has 0 spiro atoms. The number of methoxy groups -OCH3 is 1. The quantitative estimate of drug-likeness (QED) is 0.556. The molecule has 0 aromatic heterocycles. The fourth-order valence-corrected chi connectivity index (χ4v) is 1.32. The number of unbranched alkanes of at least 4 members (excludes halogenated alkanes) is 2. The van der Waals surface area contributed by atoms with E-state index in [-0.39, 0.29) is 11.9 Å². The number of carbonyl (C=O) groups is 1. The highest BCUT2D eigenvalue weighted by Gasteiger charge is 2.10. The summed E-state index contributed by atoms with van der Waals surface area (Å²) in [4.78, 5) is 11.5. The maximum atomic E-state index is 11.5. The number of rotatable bonds is 10. The van der Waals surface area contributed by atoms with Gasteiger partial charge in [-0.3, -0.25) is 4.79 Å². The summed E-state index contributed by atoms with van der Waals surface area (Å²) in [5.74, 6) is 0.0974. The van der Waals surface area contributed by atoms with Crippen molar-refractivity contribution in [1.82, 2.24) is 10.6 Å². The lowest BCUT2D eigenvalue weighted by atomic mass is 10.2. The molecular weight excluding hydrogens is 204 g/mol. The Hall–Kier alpha value is -0.610. The molecule has 0 rings (SSSR count). The van der Waals surface area contributed by atoms with Crippen molar-refractivity contribution in [2.24, 2.45) is 0 Å². The lowest BCUT2D eigenvalue weighted by Gasteiger charge is -2.13. The normalized spacial score (nSPS) is 12.4. The van der Waals surface area contributed by atoms with Crippen LogP contribution in [0, 0.1) is 0 Å². The highest BCUT2D eigenvalue weighted by atomic mass is 16.5. The zero-order chi connectivity index (χ0) is 12.2. The van der Waals surface area contributed by atoms with Crippen molar-refractivity contribution >= 4 is 5.91 Å². The van der Waals surface area contributed by atoms with Gasteiger partial charge in [0.1, 0.15) is 0 Å². The first-order valence-electron chi connectivity index (χ1n) is 6.22. The number of carbonyl (C=O) groups excluding carboxylic acids is 1. The Labute approximate surface area is 99.1 Å². The fraction of sp³-hybridized carbons (Fsp3) is 0.917. The van der Waals surface area contributed by atoms with Gasteiger partial charge < -0.3 is 15.4 Å². The molecule has 0 aliphatic carbocycles. The first-order valence-corrected chi connectivity index (χ1v) is 6.22. The second kappa shape index (κ2) is 10.9. The van der Waals surface area contributed by atoms with Crippen molar-refractivity contribution in [1.29, 1.82) is 0 Å². The highest BCUT2D eigenvalue weighted by Crippen LogP contribution is 1.90. The van der Waals surface area contributed by atoms with E-state index >= 15 is 0 Å². The second-order valence-electron chi connectivity index (χ2n) is 4.02.